The molecular formula is C21H28N4O2. The van der Waals surface area contributed by atoms with Crippen LogP contribution in [-0.4, -0.2) is 33.4 Å². The van der Waals surface area contributed by atoms with Gasteiger partial charge in [0.2, 0.25) is 0 Å². The molecule has 2 aromatic heterocycles. The van der Waals surface area contributed by atoms with Gasteiger partial charge in [-0.1, -0.05) is 6.92 Å². The van der Waals surface area contributed by atoms with Crippen LogP contribution in [0.3, 0.4) is 0 Å². The van der Waals surface area contributed by atoms with Gasteiger partial charge in [-0.25, -0.2) is 0 Å². The van der Waals surface area contributed by atoms with E-state index in [0.29, 0.717) is 12.3 Å². The molecule has 1 amide bonds. The van der Waals surface area contributed by atoms with Gasteiger partial charge in [0.15, 0.2) is 6.61 Å². The minimum Gasteiger partial charge on any atom is -0.484 e. The molecule has 0 aliphatic carbocycles. The van der Waals surface area contributed by atoms with Gasteiger partial charge in [-0.05, 0) is 57.0 Å². The van der Waals surface area contributed by atoms with Gasteiger partial charge in [0.25, 0.3) is 5.91 Å². The van der Waals surface area contributed by atoms with Crippen molar-refractivity contribution in [1.82, 2.24) is 19.7 Å². The molecule has 0 saturated carbocycles. The van der Waals surface area contributed by atoms with E-state index in [0.717, 1.165) is 28.8 Å². The molecule has 0 fully saturated rings. The van der Waals surface area contributed by atoms with Crippen molar-refractivity contribution >= 4 is 16.8 Å². The first-order valence-electron chi connectivity index (χ1n) is 9.30. The van der Waals surface area contributed by atoms with E-state index < -0.39 is 0 Å². The van der Waals surface area contributed by atoms with E-state index in [4.69, 9.17) is 4.74 Å². The average molecular weight is 368 g/mol. The van der Waals surface area contributed by atoms with Crippen LogP contribution in [0.2, 0.25) is 0 Å². The van der Waals surface area contributed by atoms with Gasteiger partial charge < -0.3 is 14.6 Å². The summed E-state index contributed by atoms with van der Waals surface area (Å²) in [6.07, 6.45) is 0. The maximum Gasteiger partial charge on any atom is 0.257 e. The number of carbonyl (C=O) groups excluding carboxylic acids is 1. The molecule has 1 unspecified atom stereocenters. The van der Waals surface area contributed by atoms with Gasteiger partial charge in [-0.3, -0.25) is 9.48 Å². The van der Waals surface area contributed by atoms with Crippen molar-refractivity contribution in [3.63, 3.8) is 0 Å². The number of amides is 1. The van der Waals surface area contributed by atoms with Gasteiger partial charge in [0.05, 0.1) is 5.69 Å². The first-order valence-corrected chi connectivity index (χ1v) is 9.30. The van der Waals surface area contributed by atoms with Crippen molar-refractivity contribution < 1.29 is 9.53 Å². The van der Waals surface area contributed by atoms with Crippen LogP contribution in [-0.2, 0) is 18.4 Å². The topological polar surface area (TPSA) is 61.1 Å². The molecule has 0 bridgehead atoms. The third-order valence-electron chi connectivity index (χ3n) is 4.86. The summed E-state index contributed by atoms with van der Waals surface area (Å²) < 4.78 is 9.78. The highest BCUT2D eigenvalue weighted by molar-refractivity contribution is 5.83. The van der Waals surface area contributed by atoms with Crippen molar-refractivity contribution in [3.8, 4) is 5.75 Å². The molecule has 0 aliphatic rings. The fourth-order valence-electron chi connectivity index (χ4n) is 3.26. The predicted molar refractivity (Wildman–Crippen MR) is 107 cm³/mol. The second kappa shape index (κ2) is 7.86. The van der Waals surface area contributed by atoms with Crippen molar-refractivity contribution in [2.45, 2.75) is 34.2 Å². The minimum absolute atomic E-state index is 0.0178. The Kier molecular flexibility index (Phi) is 5.54. The third-order valence-corrected chi connectivity index (χ3v) is 4.86. The minimum atomic E-state index is -0.112. The van der Waals surface area contributed by atoms with Crippen LogP contribution in [0.1, 0.15) is 24.0 Å². The summed E-state index contributed by atoms with van der Waals surface area (Å²) in [4.78, 5) is 12.1. The van der Waals surface area contributed by atoms with Crippen LogP contribution in [0.5, 0.6) is 5.75 Å². The summed E-state index contributed by atoms with van der Waals surface area (Å²) >= 11 is 0. The summed E-state index contributed by atoms with van der Waals surface area (Å²) in [6, 6.07) is 10.1. The summed E-state index contributed by atoms with van der Waals surface area (Å²) in [5.74, 6) is 0.883. The number of carbonyl (C=O) groups is 1. The quantitative estimate of drug-likeness (QED) is 0.697. The molecule has 1 atom stereocenters. The molecule has 0 saturated heterocycles. The van der Waals surface area contributed by atoms with Crippen molar-refractivity contribution in [2.75, 3.05) is 13.2 Å². The standard InChI is InChI=1S/C21H28N4O2/c1-14(12-25-17(4)8-15(2)23-25)11-22-21(26)13-27-19-6-7-20-18(10-19)9-16(3)24(20)5/h6-10,14H,11-13H2,1-5H3,(H,22,26). The zero-order valence-electron chi connectivity index (χ0n) is 16.7. The van der Waals surface area contributed by atoms with E-state index in [-0.39, 0.29) is 18.4 Å². The Labute approximate surface area is 160 Å². The molecule has 6 nitrogen and oxygen atoms in total. The van der Waals surface area contributed by atoms with Crippen molar-refractivity contribution in [1.29, 1.82) is 0 Å². The van der Waals surface area contributed by atoms with Crippen LogP contribution in [0.4, 0.5) is 0 Å². The molecule has 0 aliphatic heterocycles. The highest BCUT2D eigenvalue weighted by Gasteiger charge is 2.10. The zero-order chi connectivity index (χ0) is 19.6. The van der Waals surface area contributed by atoms with Crippen LogP contribution in [0.25, 0.3) is 10.9 Å². The smallest absolute Gasteiger partial charge is 0.257 e. The van der Waals surface area contributed by atoms with Gasteiger partial charge in [-0.2, -0.15) is 5.10 Å². The number of benzene rings is 1. The lowest BCUT2D eigenvalue weighted by atomic mass is 10.2. The van der Waals surface area contributed by atoms with Crippen LogP contribution in [0.15, 0.2) is 30.3 Å². The van der Waals surface area contributed by atoms with Gasteiger partial charge in [0.1, 0.15) is 5.75 Å². The van der Waals surface area contributed by atoms with Gasteiger partial charge in [-0.15, -0.1) is 0 Å². The first kappa shape index (κ1) is 19.0. The normalized spacial score (nSPS) is 12.3. The molecule has 3 rings (SSSR count). The van der Waals surface area contributed by atoms with Crippen LogP contribution >= 0.6 is 0 Å². The lowest BCUT2D eigenvalue weighted by Gasteiger charge is -2.14. The Bertz CT molecular complexity index is 955. The molecule has 6 heteroatoms. The number of aryl methyl sites for hydroxylation is 4. The highest BCUT2D eigenvalue weighted by atomic mass is 16.5. The number of ether oxygens (including phenoxy) is 1. The lowest BCUT2D eigenvalue weighted by Crippen LogP contribution is -2.33. The molecule has 27 heavy (non-hydrogen) atoms. The largest absolute Gasteiger partial charge is 0.484 e. The molecule has 0 spiro atoms. The first-order chi connectivity index (χ1) is 12.8. The monoisotopic (exact) mass is 368 g/mol. The Morgan fingerprint density at radius 2 is 1.96 bits per heavy atom. The second-order valence-corrected chi connectivity index (χ2v) is 7.37. The second-order valence-electron chi connectivity index (χ2n) is 7.37. The Morgan fingerprint density at radius 1 is 1.19 bits per heavy atom. The number of fused-ring (bicyclic) bond motifs is 1. The fraction of sp³-hybridized carbons (Fsp3) is 0.429. The molecule has 1 N–H and O–H groups in total. The summed E-state index contributed by atoms with van der Waals surface area (Å²) in [7, 11) is 2.04. The van der Waals surface area contributed by atoms with Crippen LogP contribution in [0, 0.1) is 26.7 Å². The molecule has 144 valence electrons. The number of hydrogen-bond acceptors (Lipinski definition) is 3. The van der Waals surface area contributed by atoms with E-state index in [9.17, 15) is 4.79 Å². The van der Waals surface area contributed by atoms with E-state index in [1.807, 2.05) is 43.8 Å². The van der Waals surface area contributed by atoms with Gasteiger partial charge in [0, 0.05) is 42.4 Å². The maximum absolute atomic E-state index is 12.1. The SMILES string of the molecule is Cc1cc(C)n(CC(C)CNC(=O)COc2ccc3c(c2)cc(C)n3C)n1. The van der Waals surface area contributed by atoms with Crippen molar-refractivity contribution in [3.05, 3.63) is 47.4 Å². The van der Waals surface area contributed by atoms with E-state index >= 15 is 0 Å². The van der Waals surface area contributed by atoms with E-state index in [1.165, 1.54) is 5.69 Å². The molecule has 2 heterocycles. The summed E-state index contributed by atoms with van der Waals surface area (Å²) in [5.41, 5.74) is 4.50. The average Bonchev–Trinajstić information content (AvgIpc) is 3.09. The number of aromatic nitrogens is 3. The number of rotatable bonds is 7. The van der Waals surface area contributed by atoms with E-state index in [1.54, 1.807) is 0 Å². The highest BCUT2D eigenvalue weighted by Crippen LogP contribution is 2.23. The van der Waals surface area contributed by atoms with Crippen molar-refractivity contribution in [2.24, 2.45) is 13.0 Å². The molecular weight excluding hydrogens is 340 g/mol. The zero-order valence-corrected chi connectivity index (χ0v) is 16.7. The molecule has 0 radical (unpaired) electrons. The fourth-order valence-corrected chi connectivity index (χ4v) is 3.26. The Balaban J connectivity index is 1.47. The Morgan fingerprint density at radius 3 is 2.67 bits per heavy atom. The number of hydrogen-bond donors (Lipinski definition) is 1. The van der Waals surface area contributed by atoms with E-state index in [2.05, 4.69) is 41.0 Å². The van der Waals surface area contributed by atoms with Crippen LogP contribution < -0.4 is 10.1 Å². The maximum atomic E-state index is 12.1. The number of nitrogens with one attached hydrogen (secondary N) is 1. The third kappa shape index (κ3) is 4.51. The summed E-state index contributed by atoms with van der Waals surface area (Å²) in [5, 5.41) is 8.52. The predicted octanol–water partition coefficient (Wildman–Crippen LogP) is 3.13. The molecule has 1 aromatic carbocycles. The lowest BCUT2D eigenvalue weighted by molar-refractivity contribution is -0.123. The molecule has 3 aromatic rings. The van der Waals surface area contributed by atoms with Gasteiger partial charge >= 0.3 is 0 Å². The Hall–Kier alpha value is -2.76. The summed E-state index contributed by atoms with van der Waals surface area (Å²) in [6.45, 7) is 9.60. The number of nitrogens with zero attached hydrogens (tertiary/aromatic N) is 3.